The third-order valence-corrected chi connectivity index (χ3v) is 4.98. The van der Waals surface area contributed by atoms with Crippen molar-refractivity contribution in [2.45, 2.75) is 25.4 Å². The van der Waals surface area contributed by atoms with Crippen molar-refractivity contribution >= 4 is 28.4 Å². The number of benzene rings is 2. The molecule has 2 N–H and O–H groups in total. The first kappa shape index (κ1) is 17.1. The zero-order chi connectivity index (χ0) is 18.8. The number of carbonyl (C=O) groups excluding carboxylic acids is 2. The molecule has 1 aliphatic rings. The third-order valence-electron chi connectivity index (χ3n) is 4.98. The summed E-state index contributed by atoms with van der Waals surface area (Å²) in [7, 11) is 1.58. The molecule has 1 atom stereocenters. The second-order valence-corrected chi connectivity index (χ2v) is 6.66. The fourth-order valence-electron chi connectivity index (χ4n) is 3.58. The minimum absolute atomic E-state index is 0.00562. The van der Waals surface area contributed by atoms with Gasteiger partial charge in [0.1, 0.15) is 11.8 Å². The number of aromatic nitrogens is 1. The molecule has 2 heterocycles. The molecule has 1 saturated heterocycles. The van der Waals surface area contributed by atoms with E-state index in [1.165, 1.54) is 0 Å². The van der Waals surface area contributed by atoms with Crippen LogP contribution in [0.15, 0.2) is 54.7 Å². The Morgan fingerprint density at radius 1 is 1.26 bits per heavy atom. The summed E-state index contributed by atoms with van der Waals surface area (Å²) >= 11 is 0. The number of hydrogen-bond donors (Lipinski definition) is 2. The molecule has 27 heavy (non-hydrogen) atoms. The van der Waals surface area contributed by atoms with E-state index in [0.717, 1.165) is 16.5 Å². The summed E-state index contributed by atoms with van der Waals surface area (Å²) in [6.07, 6.45) is 2.82. The number of nitrogens with zero attached hydrogens (tertiary/aromatic N) is 1. The van der Waals surface area contributed by atoms with Gasteiger partial charge in [0.2, 0.25) is 11.8 Å². The van der Waals surface area contributed by atoms with Crippen molar-refractivity contribution < 1.29 is 14.3 Å². The Morgan fingerprint density at radius 2 is 2.11 bits per heavy atom. The van der Waals surface area contributed by atoms with Crippen LogP contribution in [0.3, 0.4) is 0 Å². The van der Waals surface area contributed by atoms with Crippen LogP contribution in [0.5, 0.6) is 5.75 Å². The molecular formula is C21H21N3O3. The van der Waals surface area contributed by atoms with Gasteiger partial charge >= 0.3 is 0 Å². The number of aromatic amines is 1. The summed E-state index contributed by atoms with van der Waals surface area (Å²) in [6, 6.07) is 14.7. The number of nitrogens with one attached hydrogen (secondary N) is 2. The van der Waals surface area contributed by atoms with E-state index in [4.69, 9.17) is 4.74 Å². The van der Waals surface area contributed by atoms with E-state index in [-0.39, 0.29) is 11.8 Å². The predicted molar refractivity (Wildman–Crippen MR) is 103 cm³/mol. The number of H-pyrrole nitrogens is 1. The van der Waals surface area contributed by atoms with Gasteiger partial charge < -0.3 is 19.9 Å². The SMILES string of the molecule is COc1cccc(NC(=O)C2CCC(=O)N2Cc2c[nH]c3ccccc23)c1. The molecule has 1 aromatic heterocycles. The molecule has 0 bridgehead atoms. The third kappa shape index (κ3) is 3.38. The molecular weight excluding hydrogens is 342 g/mol. The molecule has 6 nitrogen and oxygen atoms in total. The van der Waals surface area contributed by atoms with Crippen LogP contribution in [0.4, 0.5) is 5.69 Å². The van der Waals surface area contributed by atoms with Crippen molar-refractivity contribution in [1.82, 2.24) is 9.88 Å². The predicted octanol–water partition coefficient (Wildman–Crippen LogP) is 3.31. The van der Waals surface area contributed by atoms with Crippen LogP contribution in [-0.4, -0.2) is 34.8 Å². The van der Waals surface area contributed by atoms with E-state index < -0.39 is 6.04 Å². The number of methoxy groups -OCH3 is 1. The van der Waals surface area contributed by atoms with E-state index in [1.807, 2.05) is 42.6 Å². The number of carbonyl (C=O) groups is 2. The van der Waals surface area contributed by atoms with Crippen LogP contribution in [0.1, 0.15) is 18.4 Å². The molecule has 2 amide bonds. The monoisotopic (exact) mass is 363 g/mol. The molecule has 0 aliphatic carbocycles. The van der Waals surface area contributed by atoms with Gasteiger partial charge in [-0.1, -0.05) is 24.3 Å². The summed E-state index contributed by atoms with van der Waals surface area (Å²) in [5, 5.41) is 3.98. The lowest BCUT2D eigenvalue weighted by Crippen LogP contribution is -2.41. The molecule has 138 valence electrons. The van der Waals surface area contributed by atoms with Crippen molar-refractivity contribution in [3.8, 4) is 5.75 Å². The van der Waals surface area contributed by atoms with Crippen molar-refractivity contribution in [2.75, 3.05) is 12.4 Å². The number of para-hydroxylation sites is 1. The highest BCUT2D eigenvalue weighted by Gasteiger charge is 2.36. The number of anilines is 1. The first-order chi connectivity index (χ1) is 13.2. The van der Waals surface area contributed by atoms with Gasteiger partial charge in [-0.25, -0.2) is 0 Å². The Labute approximate surface area is 157 Å². The largest absolute Gasteiger partial charge is 0.497 e. The first-order valence-corrected chi connectivity index (χ1v) is 8.95. The molecule has 4 rings (SSSR count). The first-order valence-electron chi connectivity index (χ1n) is 8.95. The van der Waals surface area contributed by atoms with Crippen LogP contribution >= 0.6 is 0 Å². The van der Waals surface area contributed by atoms with Crippen molar-refractivity contribution in [1.29, 1.82) is 0 Å². The summed E-state index contributed by atoms with van der Waals surface area (Å²) in [6.45, 7) is 0.416. The summed E-state index contributed by atoms with van der Waals surface area (Å²) in [5.74, 6) is 0.506. The van der Waals surface area contributed by atoms with Crippen LogP contribution in [0, 0.1) is 0 Å². The van der Waals surface area contributed by atoms with Gasteiger partial charge in [0.05, 0.1) is 7.11 Å². The highest BCUT2D eigenvalue weighted by atomic mass is 16.5. The van der Waals surface area contributed by atoms with E-state index in [0.29, 0.717) is 30.8 Å². The highest BCUT2D eigenvalue weighted by molar-refractivity contribution is 5.99. The molecule has 1 fully saturated rings. The van der Waals surface area contributed by atoms with Gasteiger partial charge in [0.25, 0.3) is 0 Å². The Kier molecular flexibility index (Phi) is 4.54. The summed E-state index contributed by atoms with van der Waals surface area (Å²) in [5.41, 5.74) is 2.70. The second kappa shape index (κ2) is 7.15. The van der Waals surface area contributed by atoms with Crippen molar-refractivity contribution in [3.63, 3.8) is 0 Å². The maximum atomic E-state index is 12.8. The van der Waals surface area contributed by atoms with E-state index in [1.54, 1.807) is 24.1 Å². The molecule has 0 spiro atoms. The van der Waals surface area contributed by atoms with Gasteiger partial charge in [0, 0.05) is 41.8 Å². The molecule has 0 saturated carbocycles. The lowest BCUT2D eigenvalue weighted by Gasteiger charge is -2.24. The minimum atomic E-state index is -0.475. The van der Waals surface area contributed by atoms with Crippen molar-refractivity contribution in [3.05, 3.63) is 60.3 Å². The maximum Gasteiger partial charge on any atom is 0.247 e. The average molecular weight is 363 g/mol. The van der Waals surface area contributed by atoms with Crippen molar-refractivity contribution in [2.24, 2.45) is 0 Å². The van der Waals surface area contributed by atoms with E-state index in [2.05, 4.69) is 10.3 Å². The number of hydrogen-bond acceptors (Lipinski definition) is 3. The molecule has 2 aromatic carbocycles. The van der Waals surface area contributed by atoms with Crippen LogP contribution in [0.2, 0.25) is 0 Å². The zero-order valence-corrected chi connectivity index (χ0v) is 15.1. The van der Waals surface area contributed by atoms with Crippen LogP contribution in [-0.2, 0) is 16.1 Å². The van der Waals surface area contributed by atoms with E-state index >= 15 is 0 Å². The standard InChI is InChI=1S/C21H21N3O3/c1-27-16-6-4-5-15(11-16)23-21(26)19-9-10-20(25)24(19)13-14-12-22-18-8-3-2-7-17(14)18/h2-8,11-12,19,22H,9-10,13H2,1H3,(H,23,26). The zero-order valence-electron chi connectivity index (χ0n) is 15.1. The molecule has 6 heteroatoms. The summed E-state index contributed by atoms with van der Waals surface area (Å²) in [4.78, 5) is 30.1. The molecule has 1 unspecified atom stereocenters. The Balaban J connectivity index is 1.53. The maximum absolute atomic E-state index is 12.8. The highest BCUT2D eigenvalue weighted by Crippen LogP contribution is 2.26. The van der Waals surface area contributed by atoms with Gasteiger partial charge in [-0.15, -0.1) is 0 Å². The normalized spacial score (nSPS) is 16.7. The minimum Gasteiger partial charge on any atom is -0.497 e. The van der Waals surface area contributed by atoms with Gasteiger partial charge in [-0.05, 0) is 30.2 Å². The van der Waals surface area contributed by atoms with Gasteiger partial charge in [0.15, 0.2) is 0 Å². The molecule has 3 aromatic rings. The number of fused-ring (bicyclic) bond motifs is 1. The Hall–Kier alpha value is -3.28. The van der Waals surface area contributed by atoms with Gasteiger partial charge in [-0.2, -0.15) is 0 Å². The van der Waals surface area contributed by atoms with Crippen LogP contribution < -0.4 is 10.1 Å². The van der Waals surface area contributed by atoms with E-state index in [9.17, 15) is 9.59 Å². The lowest BCUT2D eigenvalue weighted by atomic mass is 10.1. The topological polar surface area (TPSA) is 74.4 Å². The number of likely N-dealkylation sites (tertiary alicyclic amines) is 1. The number of rotatable bonds is 5. The summed E-state index contributed by atoms with van der Waals surface area (Å²) < 4.78 is 5.19. The Bertz CT molecular complexity index is 995. The fraction of sp³-hybridized carbons (Fsp3) is 0.238. The number of ether oxygens (including phenoxy) is 1. The molecule has 1 aliphatic heterocycles. The average Bonchev–Trinajstić information content (AvgIpc) is 3.26. The quantitative estimate of drug-likeness (QED) is 0.730. The second-order valence-electron chi connectivity index (χ2n) is 6.66. The fourth-order valence-corrected chi connectivity index (χ4v) is 3.58. The lowest BCUT2D eigenvalue weighted by molar-refractivity contribution is -0.133. The number of amides is 2. The van der Waals surface area contributed by atoms with Gasteiger partial charge in [-0.3, -0.25) is 9.59 Å². The van der Waals surface area contributed by atoms with Crippen LogP contribution in [0.25, 0.3) is 10.9 Å². The smallest absolute Gasteiger partial charge is 0.247 e. The molecule has 0 radical (unpaired) electrons. The Morgan fingerprint density at radius 3 is 2.96 bits per heavy atom.